The van der Waals surface area contributed by atoms with Crippen molar-refractivity contribution in [1.29, 1.82) is 0 Å². The van der Waals surface area contributed by atoms with Gasteiger partial charge in [-0.25, -0.2) is 9.98 Å². The monoisotopic (exact) mass is 569 g/mol. The summed E-state index contributed by atoms with van der Waals surface area (Å²) < 4.78 is 0. The molecule has 33 heavy (non-hydrogen) atoms. The number of amides is 1. The van der Waals surface area contributed by atoms with E-state index in [0.29, 0.717) is 12.5 Å². The lowest BCUT2D eigenvalue weighted by Gasteiger charge is -2.33. The number of rotatable bonds is 6. The number of likely N-dealkylation sites (N-methyl/N-ethyl adjacent to an activating group) is 1. The molecule has 1 aromatic rings. The Bertz CT molecular complexity index is 774. The molecule has 0 aromatic carbocycles. The molecule has 0 bridgehead atoms. The first-order chi connectivity index (χ1) is 15.6. The highest BCUT2D eigenvalue weighted by Crippen LogP contribution is 2.27. The Kier molecular flexibility index (Phi) is 10.0. The van der Waals surface area contributed by atoms with Crippen molar-refractivity contribution in [2.45, 2.75) is 51.6 Å². The number of anilines is 1. The molecule has 1 aromatic heterocycles. The lowest BCUT2D eigenvalue weighted by Crippen LogP contribution is -2.45. The Morgan fingerprint density at radius 3 is 2.55 bits per heavy atom. The first-order valence-electron chi connectivity index (χ1n) is 12.3. The molecule has 1 amide bonds. The van der Waals surface area contributed by atoms with E-state index in [9.17, 15) is 4.79 Å². The summed E-state index contributed by atoms with van der Waals surface area (Å²) in [6, 6.07) is 4.50. The smallest absolute Gasteiger partial charge is 0.225 e. The molecular weight excluding hydrogens is 529 g/mol. The molecule has 3 aliphatic rings. The Hall–Kier alpha value is -1.62. The molecule has 9 heteroatoms. The SMILES string of the molecule is CCNC(=NCc1ccc(N2CCN(C)CC2)nc1)NC1CCN(C(=O)C2CCCC2)C1.I. The second-order valence-corrected chi connectivity index (χ2v) is 9.41. The maximum atomic E-state index is 12.7. The lowest BCUT2D eigenvalue weighted by molar-refractivity contribution is -0.134. The van der Waals surface area contributed by atoms with Crippen LogP contribution in [-0.2, 0) is 11.3 Å². The topological polar surface area (TPSA) is 76.1 Å². The average molecular weight is 570 g/mol. The van der Waals surface area contributed by atoms with Gasteiger partial charge in [0.1, 0.15) is 5.82 Å². The minimum absolute atomic E-state index is 0. The van der Waals surface area contributed by atoms with Crippen molar-refractivity contribution in [1.82, 2.24) is 25.4 Å². The number of aromatic nitrogens is 1. The van der Waals surface area contributed by atoms with Crippen LogP contribution in [0.25, 0.3) is 0 Å². The van der Waals surface area contributed by atoms with E-state index in [4.69, 9.17) is 4.99 Å². The van der Waals surface area contributed by atoms with Gasteiger partial charge in [-0.2, -0.15) is 0 Å². The van der Waals surface area contributed by atoms with Gasteiger partial charge in [-0.3, -0.25) is 4.79 Å². The third kappa shape index (κ3) is 7.18. The Morgan fingerprint density at radius 2 is 1.88 bits per heavy atom. The molecule has 1 unspecified atom stereocenters. The van der Waals surface area contributed by atoms with E-state index in [1.54, 1.807) is 0 Å². The van der Waals surface area contributed by atoms with E-state index < -0.39 is 0 Å². The first kappa shape index (κ1) is 26.0. The first-order valence-corrected chi connectivity index (χ1v) is 12.3. The summed E-state index contributed by atoms with van der Waals surface area (Å²) >= 11 is 0. The van der Waals surface area contributed by atoms with Gasteiger partial charge in [0.05, 0.1) is 6.54 Å². The zero-order valence-electron chi connectivity index (χ0n) is 20.1. The van der Waals surface area contributed by atoms with Crippen LogP contribution in [0.5, 0.6) is 0 Å². The van der Waals surface area contributed by atoms with Crippen molar-refractivity contribution >= 4 is 41.7 Å². The number of guanidine groups is 1. The Balaban J connectivity index is 0.00000306. The second-order valence-electron chi connectivity index (χ2n) is 9.41. The highest BCUT2D eigenvalue weighted by molar-refractivity contribution is 14.0. The normalized spacial score (nSPS) is 22.4. The summed E-state index contributed by atoms with van der Waals surface area (Å²) in [5.74, 6) is 2.49. The molecule has 1 aliphatic carbocycles. The third-order valence-electron chi connectivity index (χ3n) is 6.95. The standard InChI is InChI=1S/C24H39N7O.HI/c1-3-25-24(28-21-10-11-31(18-21)23(32)20-6-4-5-7-20)27-17-19-8-9-22(26-16-19)30-14-12-29(2)13-15-30;/h8-9,16,20-21H,3-7,10-15,17-18H2,1-2H3,(H2,25,27,28);1H. The van der Waals surface area contributed by atoms with Crippen LogP contribution in [0.4, 0.5) is 5.82 Å². The molecule has 1 saturated carbocycles. The van der Waals surface area contributed by atoms with E-state index in [1.165, 1.54) is 12.8 Å². The number of likely N-dealkylation sites (tertiary alicyclic amines) is 1. The van der Waals surface area contributed by atoms with Gasteiger partial charge in [0.25, 0.3) is 0 Å². The largest absolute Gasteiger partial charge is 0.357 e. The van der Waals surface area contributed by atoms with Crippen molar-refractivity contribution in [3.05, 3.63) is 23.9 Å². The molecule has 1 atom stereocenters. The van der Waals surface area contributed by atoms with E-state index in [2.05, 4.69) is 56.4 Å². The zero-order chi connectivity index (χ0) is 22.3. The maximum Gasteiger partial charge on any atom is 0.225 e. The Labute approximate surface area is 215 Å². The van der Waals surface area contributed by atoms with Gasteiger partial charge >= 0.3 is 0 Å². The molecule has 0 radical (unpaired) electrons. The summed E-state index contributed by atoms with van der Waals surface area (Å²) in [4.78, 5) is 28.9. The molecule has 184 valence electrons. The number of halogens is 1. The fraction of sp³-hybridized carbons (Fsp3) is 0.708. The van der Waals surface area contributed by atoms with E-state index >= 15 is 0 Å². The number of nitrogens with zero attached hydrogens (tertiary/aromatic N) is 5. The van der Waals surface area contributed by atoms with Gasteiger partial charge in [-0.1, -0.05) is 18.9 Å². The van der Waals surface area contributed by atoms with Gasteiger partial charge in [0, 0.05) is 64.0 Å². The van der Waals surface area contributed by atoms with Gasteiger partial charge < -0.3 is 25.3 Å². The van der Waals surface area contributed by atoms with Crippen LogP contribution in [0.15, 0.2) is 23.3 Å². The van der Waals surface area contributed by atoms with Crippen LogP contribution in [0, 0.1) is 5.92 Å². The zero-order valence-corrected chi connectivity index (χ0v) is 22.5. The van der Waals surface area contributed by atoms with Crippen LogP contribution in [-0.4, -0.2) is 85.6 Å². The van der Waals surface area contributed by atoms with E-state index in [1.807, 2.05) is 6.20 Å². The van der Waals surface area contributed by atoms with Gasteiger partial charge in [-0.15, -0.1) is 24.0 Å². The maximum absolute atomic E-state index is 12.7. The number of carbonyl (C=O) groups is 1. The quantitative estimate of drug-likeness (QED) is 0.311. The number of nitrogens with one attached hydrogen (secondary N) is 2. The Morgan fingerprint density at radius 1 is 1.12 bits per heavy atom. The molecule has 3 heterocycles. The van der Waals surface area contributed by atoms with Crippen LogP contribution in [0.3, 0.4) is 0 Å². The number of piperazine rings is 1. The van der Waals surface area contributed by atoms with Crippen molar-refractivity contribution in [2.75, 3.05) is 57.8 Å². The molecule has 4 rings (SSSR count). The summed E-state index contributed by atoms with van der Waals surface area (Å²) in [5.41, 5.74) is 1.10. The van der Waals surface area contributed by atoms with Gasteiger partial charge in [-0.05, 0) is 44.9 Å². The number of carbonyl (C=O) groups excluding carboxylic acids is 1. The van der Waals surface area contributed by atoms with Crippen molar-refractivity contribution in [2.24, 2.45) is 10.9 Å². The second kappa shape index (κ2) is 12.7. The van der Waals surface area contributed by atoms with E-state index in [0.717, 1.165) is 82.4 Å². The van der Waals surface area contributed by atoms with Crippen LogP contribution < -0.4 is 15.5 Å². The molecule has 0 spiro atoms. The predicted octanol–water partition coefficient (Wildman–Crippen LogP) is 2.30. The minimum Gasteiger partial charge on any atom is -0.357 e. The van der Waals surface area contributed by atoms with Crippen molar-refractivity contribution in [3.8, 4) is 0 Å². The average Bonchev–Trinajstić information content (AvgIpc) is 3.51. The van der Waals surface area contributed by atoms with Crippen molar-refractivity contribution in [3.63, 3.8) is 0 Å². The molecular formula is C24H40IN7O. The highest BCUT2D eigenvalue weighted by atomic mass is 127. The minimum atomic E-state index is 0. The van der Waals surface area contributed by atoms with Crippen LogP contribution in [0.1, 0.15) is 44.6 Å². The number of hydrogen-bond acceptors (Lipinski definition) is 5. The highest BCUT2D eigenvalue weighted by Gasteiger charge is 2.32. The summed E-state index contributed by atoms with van der Waals surface area (Å²) in [6.07, 6.45) is 7.46. The summed E-state index contributed by atoms with van der Waals surface area (Å²) in [6.45, 7) is 9.31. The third-order valence-corrected chi connectivity index (χ3v) is 6.95. The van der Waals surface area contributed by atoms with Crippen LogP contribution in [0.2, 0.25) is 0 Å². The lowest BCUT2D eigenvalue weighted by atomic mass is 10.1. The number of pyridine rings is 1. The molecule has 3 fully saturated rings. The fourth-order valence-electron chi connectivity index (χ4n) is 4.93. The van der Waals surface area contributed by atoms with Crippen LogP contribution >= 0.6 is 24.0 Å². The number of hydrogen-bond donors (Lipinski definition) is 2. The summed E-state index contributed by atoms with van der Waals surface area (Å²) in [5, 5.41) is 6.89. The molecule has 2 N–H and O–H groups in total. The van der Waals surface area contributed by atoms with Gasteiger partial charge in [0.15, 0.2) is 5.96 Å². The fourth-order valence-corrected chi connectivity index (χ4v) is 4.93. The molecule has 2 aliphatic heterocycles. The van der Waals surface area contributed by atoms with E-state index in [-0.39, 0.29) is 35.9 Å². The summed E-state index contributed by atoms with van der Waals surface area (Å²) in [7, 11) is 2.17. The molecule has 2 saturated heterocycles. The molecule has 8 nitrogen and oxygen atoms in total. The van der Waals surface area contributed by atoms with Crippen molar-refractivity contribution < 1.29 is 4.79 Å². The number of aliphatic imine (C=N–C) groups is 1. The van der Waals surface area contributed by atoms with Gasteiger partial charge in [0.2, 0.25) is 5.91 Å². The predicted molar refractivity (Wildman–Crippen MR) is 144 cm³/mol.